The number of amides is 1. The molecule has 1 aromatic carbocycles. The highest BCUT2D eigenvalue weighted by Gasteiger charge is 2.21. The van der Waals surface area contributed by atoms with Gasteiger partial charge in [0.25, 0.3) is 0 Å². The molecule has 1 aliphatic rings. The molecule has 0 aliphatic carbocycles. The Labute approximate surface area is 121 Å². The molecule has 3 nitrogen and oxygen atoms in total. The van der Waals surface area contributed by atoms with Crippen molar-refractivity contribution < 1.29 is 9.53 Å². The Hall–Kier alpha value is -1.35. The van der Waals surface area contributed by atoms with Gasteiger partial charge in [-0.25, -0.2) is 0 Å². The van der Waals surface area contributed by atoms with E-state index in [2.05, 4.69) is 43.4 Å². The predicted molar refractivity (Wildman–Crippen MR) is 80.8 cm³/mol. The van der Waals surface area contributed by atoms with Crippen LogP contribution in [0.2, 0.25) is 0 Å². The lowest BCUT2D eigenvalue weighted by atomic mass is 9.96. The summed E-state index contributed by atoms with van der Waals surface area (Å²) in [5.74, 6) is 0.643. The second-order valence-electron chi connectivity index (χ2n) is 6.13. The lowest BCUT2D eigenvalue weighted by molar-refractivity contribution is -0.122. The molecule has 3 heteroatoms. The van der Waals surface area contributed by atoms with Gasteiger partial charge in [-0.15, -0.1) is 0 Å². The Bertz CT molecular complexity index is 433. The van der Waals surface area contributed by atoms with Gasteiger partial charge in [0.05, 0.1) is 18.6 Å². The van der Waals surface area contributed by atoms with Crippen molar-refractivity contribution in [2.24, 2.45) is 5.92 Å². The van der Waals surface area contributed by atoms with Gasteiger partial charge < -0.3 is 10.1 Å². The van der Waals surface area contributed by atoms with Gasteiger partial charge in [-0.05, 0) is 36.8 Å². The number of rotatable bonds is 5. The van der Waals surface area contributed by atoms with Crippen molar-refractivity contribution in [3.05, 3.63) is 35.4 Å². The first-order chi connectivity index (χ1) is 9.56. The minimum absolute atomic E-state index is 0.0945. The van der Waals surface area contributed by atoms with E-state index in [9.17, 15) is 4.79 Å². The van der Waals surface area contributed by atoms with Gasteiger partial charge in [0.2, 0.25) is 5.91 Å². The molecular weight excluding hydrogens is 250 g/mol. The van der Waals surface area contributed by atoms with Gasteiger partial charge in [-0.3, -0.25) is 4.79 Å². The molecule has 0 radical (unpaired) electrons. The fraction of sp³-hybridized carbons (Fsp3) is 0.588. The average Bonchev–Trinajstić information content (AvgIpc) is 2.91. The van der Waals surface area contributed by atoms with Crippen LogP contribution in [0.15, 0.2) is 24.3 Å². The van der Waals surface area contributed by atoms with E-state index in [4.69, 9.17) is 4.74 Å². The van der Waals surface area contributed by atoms with Crippen LogP contribution in [0.25, 0.3) is 0 Å². The highest BCUT2D eigenvalue weighted by atomic mass is 16.5. The second kappa shape index (κ2) is 6.89. The number of carbonyl (C=O) groups excluding carboxylic acids is 1. The van der Waals surface area contributed by atoms with Crippen LogP contribution in [-0.4, -0.2) is 25.2 Å². The molecule has 0 spiro atoms. The van der Waals surface area contributed by atoms with Gasteiger partial charge in [0.1, 0.15) is 0 Å². The van der Waals surface area contributed by atoms with E-state index in [1.165, 1.54) is 5.56 Å². The van der Waals surface area contributed by atoms with Crippen molar-refractivity contribution in [1.82, 2.24) is 5.32 Å². The standard InChI is InChI=1S/C17H25NO2/c1-12(2)10-14-4-6-15(7-5-14)13(3)17(19)18-16-8-9-20-11-16/h4-7,12-13,16H,8-11H2,1-3H3,(H,18,19)/t13-,16+/m1/s1. The number of carbonyl (C=O) groups is 1. The normalized spacial score (nSPS) is 20.1. The SMILES string of the molecule is CC(C)Cc1ccc([C@@H](C)C(=O)N[C@H]2CCOC2)cc1. The van der Waals surface area contributed by atoms with Crippen LogP contribution in [0.4, 0.5) is 0 Å². The van der Waals surface area contributed by atoms with E-state index in [1.54, 1.807) is 0 Å². The maximum absolute atomic E-state index is 12.2. The zero-order valence-corrected chi connectivity index (χ0v) is 12.7. The summed E-state index contributed by atoms with van der Waals surface area (Å²) < 4.78 is 5.28. The molecule has 1 amide bonds. The van der Waals surface area contributed by atoms with Gasteiger partial charge in [-0.1, -0.05) is 38.1 Å². The quantitative estimate of drug-likeness (QED) is 0.897. The fourth-order valence-corrected chi connectivity index (χ4v) is 2.54. The molecule has 2 rings (SSSR count). The number of hydrogen-bond donors (Lipinski definition) is 1. The first kappa shape index (κ1) is 15.0. The predicted octanol–water partition coefficient (Wildman–Crippen LogP) is 2.89. The van der Waals surface area contributed by atoms with Crippen molar-refractivity contribution in [3.63, 3.8) is 0 Å². The largest absolute Gasteiger partial charge is 0.379 e. The number of benzene rings is 1. The first-order valence-corrected chi connectivity index (χ1v) is 7.53. The molecule has 0 bridgehead atoms. The third-order valence-electron chi connectivity index (χ3n) is 3.79. The lowest BCUT2D eigenvalue weighted by Crippen LogP contribution is -2.37. The molecule has 0 saturated carbocycles. The smallest absolute Gasteiger partial charge is 0.227 e. The van der Waals surface area contributed by atoms with Gasteiger partial charge >= 0.3 is 0 Å². The van der Waals surface area contributed by atoms with Crippen LogP contribution in [0, 0.1) is 5.92 Å². The van der Waals surface area contributed by atoms with Crippen molar-refractivity contribution in [2.45, 2.75) is 45.6 Å². The molecule has 1 fully saturated rings. The highest BCUT2D eigenvalue weighted by molar-refractivity contribution is 5.83. The Kier molecular flexibility index (Phi) is 5.18. The average molecular weight is 275 g/mol. The number of ether oxygens (including phenoxy) is 1. The monoisotopic (exact) mass is 275 g/mol. The van der Waals surface area contributed by atoms with Crippen LogP contribution in [-0.2, 0) is 16.0 Å². The molecule has 1 heterocycles. The number of hydrogen-bond acceptors (Lipinski definition) is 2. The van der Waals surface area contributed by atoms with E-state index in [0.717, 1.165) is 25.0 Å². The van der Waals surface area contributed by atoms with E-state index in [1.807, 2.05) is 6.92 Å². The van der Waals surface area contributed by atoms with Crippen molar-refractivity contribution in [1.29, 1.82) is 0 Å². The molecular formula is C17H25NO2. The van der Waals surface area contributed by atoms with Crippen LogP contribution in [0.5, 0.6) is 0 Å². The summed E-state index contributed by atoms with van der Waals surface area (Å²) in [5, 5.41) is 3.06. The molecule has 1 aromatic rings. The Balaban J connectivity index is 1.93. The summed E-state index contributed by atoms with van der Waals surface area (Å²) in [4.78, 5) is 12.2. The molecule has 0 aromatic heterocycles. The zero-order chi connectivity index (χ0) is 14.5. The third-order valence-corrected chi connectivity index (χ3v) is 3.79. The van der Waals surface area contributed by atoms with Crippen molar-refractivity contribution >= 4 is 5.91 Å². The molecule has 1 N–H and O–H groups in total. The van der Waals surface area contributed by atoms with E-state index >= 15 is 0 Å². The van der Waals surface area contributed by atoms with E-state index < -0.39 is 0 Å². The minimum Gasteiger partial charge on any atom is -0.379 e. The lowest BCUT2D eigenvalue weighted by Gasteiger charge is -2.16. The molecule has 20 heavy (non-hydrogen) atoms. The molecule has 1 saturated heterocycles. The van der Waals surface area contributed by atoms with E-state index in [0.29, 0.717) is 12.5 Å². The van der Waals surface area contributed by atoms with Gasteiger partial charge in [-0.2, -0.15) is 0 Å². The summed E-state index contributed by atoms with van der Waals surface area (Å²) >= 11 is 0. The summed E-state index contributed by atoms with van der Waals surface area (Å²) in [7, 11) is 0. The third kappa shape index (κ3) is 4.07. The second-order valence-corrected chi connectivity index (χ2v) is 6.13. The van der Waals surface area contributed by atoms with Gasteiger partial charge in [0.15, 0.2) is 0 Å². The number of nitrogens with one attached hydrogen (secondary N) is 1. The fourth-order valence-electron chi connectivity index (χ4n) is 2.54. The maximum Gasteiger partial charge on any atom is 0.227 e. The topological polar surface area (TPSA) is 38.3 Å². The van der Waals surface area contributed by atoms with Crippen LogP contribution < -0.4 is 5.32 Å². The van der Waals surface area contributed by atoms with Crippen molar-refractivity contribution in [3.8, 4) is 0 Å². The zero-order valence-electron chi connectivity index (χ0n) is 12.7. The Morgan fingerprint density at radius 3 is 2.55 bits per heavy atom. The molecule has 110 valence electrons. The maximum atomic E-state index is 12.2. The van der Waals surface area contributed by atoms with Crippen molar-refractivity contribution in [2.75, 3.05) is 13.2 Å². The van der Waals surface area contributed by atoms with Crippen LogP contribution in [0.3, 0.4) is 0 Å². The minimum atomic E-state index is -0.108. The highest BCUT2D eigenvalue weighted by Crippen LogP contribution is 2.18. The summed E-state index contributed by atoms with van der Waals surface area (Å²) in [6.07, 6.45) is 2.01. The molecule has 2 atom stereocenters. The summed E-state index contributed by atoms with van der Waals surface area (Å²) in [5.41, 5.74) is 2.41. The Morgan fingerprint density at radius 2 is 2.00 bits per heavy atom. The molecule has 1 aliphatic heterocycles. The van der Waals surface area contributed by atoms with Crippen LogP contribution >= 0.6 is 0 Å². The van der Waals surface area contributed by atoms with Gasteiger partial charge in [0, 0.05) is 6.61 Å². The summed E-state index contributed by atoms with van der Waals surface area (Å²) in [6, 6.07) is 8.61. The van der Waals surface area contributed by atoms with Crippen LogP contribution in [0.1, 0.15) is 44.2 Å². The first-order valence-electron chi connectivity index (χ1n) is 7.53. The Morgan fingerprint density at radius 1 is 1.30 bits per heavy atom. The van der Waals surface area contributed by atoms with E-state index in [-0.39, 0.29) is 17.9 Å². The summed E-state index contributed by atoms with van der Waals surface area (Å²) in [6.45, 7) is 7.79. The molecule has 0 unspecified atom stereocenters.